The smallest absolute Gasteiger partial charge is 0.0468 e. The molecule has 0 unspecified atom stereocenters. The summed E-state index contributed by atoms with van der Waals surface area (Å²) < 4.78 is 0. The molecule has 0 aliphatic rings. The summed E-state index contributed by atoms with van der Waals surface area (Å²) in [6.07, 6.45) is 4.36. The largest absolute Gasteiger partial charge is 0.310 e. The summed E-state index contributed by atoms with van der Waals surface area (Å²) in [4.78, 5) is 4.63. The van der Waals surface area contributed by atoms with Gasteiger partial charge in [0.25, 0.3) is 0 Å². The molecule has 0 aliphatic carbocycles. The summed E-state index contributed by atoms with van der Waals surface area (Å²) in [5.41, 5.74) is 11.5. The molecule has 0 N–H and O–H groups in total. The normalized spacial score (nSPS) is 11.3. The van der Waals surface area contributed by atoms with E-state index in [4.69, 9.17) is 0 Å². The quantitative estimate of drug-likeness (QED) is 0.139. The molecular formula is C52H38N2. The maximum atomic E-state index is 2.32. The van der Waals surface area contributed by atoms with Gasteiger partial charge in [0.2, 0.25) is 0 Å². The Morgan fingerprint density at radius 2 is 0.556 bits per heavy atom. The average Bonchev–Trinajstić information content (AvgIpc) is 3.25. The highest BCUT2D eigenvalue weighted by molar-refractivity contribution is 5.91. The van der Waals surface area contributed by atoms with Crippen LogP contribution in [0.5, 0.6) is 0 Å². The van der Waals surface area contributed by atoms with Crippen molar-refractivity contribution in [3.8, 4) is 11.1 Å². The van der Waals surface area contributed by atoms with Gasteiger partial charge in [0.05, 0.1) is 0 Å². The molecule has 0 amide bonds. The third-order valence-corrected chi connectivity index (χ3v) is 10.0. The summed E-state index contributed by atoms with van der Waals surface area (Å²) in [6.45, 7) is 0. The fourth-order valence-corrected chi connectivity index (χ4v) is 7.20. The molecule has 2 nitrogen and oxygen atoms in total. The second-order valence-corrected chi connectivity index (χ2v) is 13.5. The minimum absolute atomic E-state index is 1.12. The predicted molar refractivity (Wildman–Crippen MR) is 232 cm³/mol. The van der Waals surface area contributed by atoms with Gasteiger partial charge in [-0.3, -0.25) is 0 Å². The Kier molecular flexibility index (Phi) is 8.99. The van der Waals surface area contributed by atoms with Crippen molar-refractivity contribution in [1.82, 2.24) is 0 Å². The number of para-hydroxylation sites is 2. The van der Waals surface area contributed by atoms with Crippen molar-refractivity contribution in [2.75, 3.05) is 9.80 Å². The molecule has 0 bridgehead atoms. The maximum Gasteiger partial charge on any atom is 0.0468 e. The Morgan fingerprint density at radius 3 is 1.00 bits per heavy atom. The van der Waals surface area contributed by atoms with Gasteiger partial charge in [-0.25, -0.2) is 0 Å². The van der Waals surface area contributed by atoms with Gasteiger partial charge < -0.3 is 9.80 Å². The molecule has 0 saturated heterocycles. The Labute approximate surface area is 317 Å². The molecule has 0 atom stereocenters. The van der Waals surface area contributed by atoms with Crippen molar-refractivity contribution in [1.29, 1.82) is 0 Å². The molecule has 2 heteroatoms. The van der Waals surface area contributed by atoms with E-state index in [9.17, 15) is 0 Å². The average molecular weight is 691 g/mol. The van der Waals surface area contributed by atoms with E-state index in [1.165, 1.54) is 32.7 Å². The highest BCUT2D eigenvalue weighted by atomic mass is 15.1. The monoisotopic (exact) mass is 690 g/mol. The molecular weight excluding hydrogens is 653 g/mol. The van der Waals surface area contributed by atoms with Crippen LogP contribution in [-0.4, -0.2) is 0 Å². The van der Waals surface area contributed by atoms with Crippen LogP contribution >= 0.6 is 0 Å². The summed E-state index contributed by atoms with van der Waals surface area (Å²) in [5.74, 6) is 0. The molecule has 9 aromatic rings. The summed E-state index contributed by atoms with van der Waals surface area (Å²) in [5, 5.41) is 4.93. The minimum atomic E-state index is 1.12. The Hall–Kier alpha value is -7.16. The van der Waals surface area contributed by atoms with Crippen LogP contribution in [0.1, 0.15) is 11.1 Å². The zero-order valence-corrected chi connectivity index (χ0v) is 29.8. The second-order valence-electron chi connectivity index (χ2n) is 13.5. The number of rotatable bonds is 9. The van der Waals surface area contributed by atoms with E-state index in [0.29, 0.717) is 0 Å². The molecule has 0 aromatic heterocycles. The van der Waals surface area contributed by atoms with E-state index >= 15 is 0 Å². The van der Waals surface area contributed by atoms with Gasteiger partial charge in [-0.05, 0) is 117 Å². The van der Waals surface area contributed by atoms with E-state index in [2.05, 4.69) is 240 Å². The molecule has 0 saturated carbocycles. The lowest BCUT2D eigenvalue weighted by atomic mass is 10.0. The Bertz CT molecular complexity index is 2680. The van der Waals surface area contributed by atoms with E-state index < -0.39 is 0 Å². The molecule has 0 heterocycles. The first kappa shape index (κ1) is 32.7. The Balaban J connectivity index is 0.927. The fourth-order valence-electron chi connectivity index (χ4n) is 7.20. The van der Waals surface area contributed by atoms with Crippen LogP contribution in [0.25, 0.3) is 44.8 Å². The van der Waals surface area contributed by atoms with Gasteiger partial charge in [-0.1, -0.05) is 158 Å². The first-order chi connectivity index (χ1) is 26.7. The minimum Gasteiger partial charge on any atom is -0.310 e. The third-order valence-electron chi connectivity index (χ3n) is 10.0. The van der Waals surface area contributed by atoms with Gasteiger partial charge >= 0.3 is 0 Å². The van der Waals surface area contributed by atoms with E-state index in [1.807, 2.05) is 0 Å². The van der Waals surface area contributed by atoms with E-state index in [-0.39, 0.29) is 0 Å². The van der Waals surface area contributed by atoms with E-state index in [1.54, 1.807) is 0 Å². The van der Waals surface area contributed by atoms with Crippen molar-refractivity contribution in [3.63, 3.8) is 0 Å². The van der Waals surface area contributed by atoms with Gasteiger partial charge in [0.15, 0.2) is 0 Å². The van der Waals surface area contributed by atoms with Crippen molar-refractivity contribution in [2.45, 2.75) is 0 Å². The lowest BCUT2D eigenvalue weighted by molar-refractivity contribution is 1.29. The molecule has 0 aliphatic heterocycles. The molecule has 9 aromatic carbocycles. The molecule has 9 rings (SSSR count). The van der Waals surface area contributed by atoms with Gasteiger partial charge in [-0.15, -0.1) is 0 Å². The van der Waals surface area contributed by atoms with Crippen LogP contribution in [0.15, 0.2) is 218 Å². The maximum absolute atomic E-state index is 2.32. The zero-order valence-electron chi connectivity index (χ0n) is 29.8. The van der Waals surface area contributed by atoms with Crippen LogP contribution < -0.4 is 9.80 Å². The number of hydrogen-bond donors (Lipinski definition) is 0. The highest BCUT2D eigenvalue weighted by Crippen LogP contribution is 2.38. The van der Waals surface area contributed by atoms with Crippen LogP contribution in [0.4, 0.5) is 34.1 Å². The van der Waals surface area contributed by atoms with Crippen LogP contribution in [0.3, 0.4) is 0 Å². The predicted octanol–water partition coefficient (Wildman–Crippen LogP) is 14.8. The van der Waals surface area contributed by atoms with Gasteiger partial charge in [0.1, 0.15) is 0 Å². The fraction of sp³-hybridized carbons (Fsp3) is 0. The van der Waals surface area contributed by atoms with Crippen molar-refractivity contribution in [2.24, 2.45) is 0 Å². The number of benzene rings is 9. The second kappa shape index (κ2) is 14.8. The highest BCUT2D eigenvalue weighted by Gasteiger charge is 2.14. The number of fused-ring (bicyclic) bond motifs is 2. The summed E-state index contributed by atoms with van der Waals surface area (Å²) in [7, 11) is 0. The molecule has 256 valence electrons. The summed E-state index contributed by atoms with van der Waals surface area (Å²) in [6, 6.07) is 77.9. The summed E-state index contributed by atoms with van der Waals surface area (Å²) >= 11 is 0. The SMILES string of the molecule is C(=Cc1ccc(N(c2ccccc2)c2ccc3ccccc3c2)cc1)c1ccc(-c2ccc(N(c3ccccc3)c3ccc4ccccc4c3)cc2)cc1. The number of anilines is 6. The van der Waals surface area contributed by atoms with E-state index in [0.717, 1.165) is 45.3 Å². The van der Waals surface area contributed by atoms with Crippen LogP contribution in [0.2, 0.25) is 0 Å². The lowest BCUT2D eigenvalue weighted by Crippen LogP contribution is -2.09. The molecule has 54 heavy (non-hydrogen) atoms. The molecule has 0 spiro atoms. The van der Waals surface area contributed by atoms with Crippen molar-refractivity contribution in [3.05, 3.63) is 230 Å². The molecule has 0 radical (unpaired) electrons. The number of nitrogens with zero attached hydrogens (tertiary/aromatic N) is 2. The zero-order chi connectivity index (χ0) is 36.1. The first-order valence-electron chi connectivity index (χ1n) is 18.4. The standard InChI is InChI=1S/C52H38N2/c1-3-15-47(16-4-1)53(51-35-29-41-11-7-9-13-45(41)37-51)49-31-23-40(24-32-49)20-19-39-21-25-43(26-22-39)44-27-33-50(34-28-44)54(48-17-5-2-6-18-48)52-36-30-42-12-8-10-14-46(42)38-52/h1-38H. The van der Waals surface area contributed by atoms with Crippen molar-refractivity contribution >= 4 is 67.8 Å². The lowest BCUT2D eigenvalue weighted by Gasteiger charge is -2.26. The third kappa shape index (κ3) is 6.89. The Morgan fingerprint density at radius 1 is 0.241 bits per heavy atom. The van der Waals surface area contributed by atoms with Crippen molar-refractivity contribution < 1.29 is 0 Å². The van der Waals surface area contributed by atoms with Gasteiger partial charge in [-0.2, -0.15) is 0 Å². The molecule has 0 fully saturated rings. The van der Waals surface area contributed by atoms with Crippen LogP contribution in [-0.2, 0) is 0 Å². The van der Waals surface area contributed by atoms with Crippen LogP contribution in [0, 0.1) is 0 Å². The number of hydrogen-bond acceptors (Lipinski definition) is 2. The topological polar surface area (TPSA) is 6.48 Å². The van der Waals surface area contributed by atoms with Gasteiger partial charge in [0, 0.05) is 34.1 Å². The first-order valence-corrected chi connectivity index (χ1v) is 18.4.